The van der Waals surface area contributed by atoms with E-state index in [0.29, 0.717) is 24.1 Å². The first-order chi connectivity index (χ1) is 16.9. The van der Waals surface area contributed by atoms with E-state index in [1.165, 1.54) is 11.0 Å². The lowest BCUT2D eigenvalue weighted by molar-refractivity contribution is 0.403. The van der Waals surface area contributed by atoms with Crippen LogP contribution in [0.15, 0.2) is 46.0 Å². The molecule has 0 atom stereocenters. The number of nitrogens with zero attached hydrogens (tertiary/aromatic N) is 4. The van der Waals surface area contributed by atoms with E-state index in [2.05, 4.69) is 32.0 Å². The van der Waals surface area contributed by atoms with Crippen molar-refractivity contribution >= 4 is 21.8 Å². The van der Waals surface area contributed by atoms with Gasteiger partial charge in [0.15, 0.2) is 5.65 Å². The first kappa shape index (κ1) is 23.4. The van der Waals surface area contributed by atoms with E-state index in [-0.39, 0.29) is 23.1 Å². The van der Waals surface area contributed by atoms with Crippen LogP contribution in [0.1, 0.15) is 63.1 Å². The van der Waals surface area contributed by atoms with Crippen LogP contribution >= 0.6 is 0 Å². The Labute approximate surface area is 204 Å². The van der Waals surface area contributed by atoms with E-state index in [4.69, 9.17) is 9.84 Å². The molecule has 0 amide bonds. The van der Waals surface area contributed by atoms with Crippen molar-refractivity contribution in [2.24, 2.45) is 13.0 Å². The molecule has 0 unspecified atom stereocenters. The number of hydrogen-bond donors (Lipinski definition) is 0. The number of fused-ring (bicyclic) bond motifs is 2. The van der Waals surface area contributed by atoms with Crippen LogP contribution in [-0.2, 0) is 20.1 Å². The van der Waals surface area contributed by atoms with Gasteiger partial charge in [-0.25, -0.2) is 4.79 Å². The SMILES string of the molecule is COc1ccc2ccccc2c1Cn1nc2c(c1C1CCCCC1)c(=O)n(C)c(=O)n2CC(C)C. The Morgan fingerprint density at radius 3 is 2.51 bits per heavy atom. The van der Waals surface area contributed by atoms with Crippen molar-refractivity contribution in [2.75, 3.05) is 7.11 Å². The summed E-state index contributed by atoms with van der Waals surface area (Å²) in [5.74, 6) is 1.28. The second kappa shape index (κ2) is 9.36. The third kappa shape index (κ3) is 4.07. The lowest BCUT2D eigenvalue weighted by Gasteiger charge is -2.23. The molecule has 5 rings (SSSR count). The van der Waals surface area contributed by atoms with Crippen molar-refractivity contribution in [1.82, 2.24) is 18.9 Å². The van der Waals surface area contributed by atoms with Crippen LogP contribution in [-0.4, -0.2) is 26.0 Å². The van der Waals surface area contributed by atoms with Crippen molar-refractivity contribution in [2.45, 2.75) is 65.0 Å². The second-order valence-electron chi connectivity index (χ2n) is 10.2. The van der Waals surface area contributed by atoms with E-state index < -0.39 is 0 Å². The van der Waals surface area contributed by atoms with E-state index >= 15 is 0 Å². The summed E-state index contributed by atoms with van der Waals surface area (Å²) in [6.45, 7) is 5.14. The summed E-state index contributed by atoms with van der Waals surface area (Å²) in [6, 6.07) is 12.3. The maximum absolute atomic E-state index is 13.5. The average Bonchev–Trinajstić information content (AvgIpc) is 3.25. The molecular formula is C28H34N4O3. The third-order valence-electron chi connectivity index (χ3n) is 7.33. The van der Waals surface area contributed by atoms with E-state index in [0.717, 1.165) is 53.5 Å². The predicted octanol–water partition coefficient (Wildman–Crippen LogP) is 4.81. The van der Waals surface area contributed by atoms with Gasteiger partial charge in [0, 0.05) is 25.1 Å². The molecule has 4 aromatic rings. The molecule has 1 saturated carbocycles. The van der Waals surface area contributed by atoms with Gasteiger partial charge in [-0.3, -0.25) is 18.6 Å². The molecule has 1 fully saturated rings. The number of hydrogen-bond acceptors (Lipinski definition) is 4. The Kier molecular flexibility index (Phi) is 6.26. The van der Waals surface area contributed by atoms with Gasteiger partial charge < -0.3 is 4.74 Å². The molecule has 2 heterocycles. The summed E-state index contributed by atoms with van der Waals surface area (Å²) in [7, 11) is 3.27. The van der Waals surface area contributed by atoms with Crippen LogP contribution in [0.4, 0.5) is 0 Å². The molecule has 2 aromatic carbocycles. The van der Waals surface area contributed by atoms with Crippen LogP contribution in [0.25, 0.3) is 21.8 Å². The summed E-state index contributed by atoms with van der Waals surface area (Å²) in [6.07, 6.45) is 5.55. The molecule has 0 saturated heterocycles. The van der Waals surface area contributed by atoms with Gasteiger partial charge in [-0.1, -0.05) is 63.4 Å². The van der Waals surface area contributed by atoms with Crippen LogP contribution < -0.4 is 16.0 Å². The standard InChI is InChI=1S/C28H34N4O3/c1-18(2)16-31-26-24(27(33)30(3)28(31)34)25(20-11-6-5-7-12-20)32(29-26)17-22-21-13-9-8-10-19(21)14-15-23(22)35-4/h8-10,13-15,18,20H,5-7,11-12,16-17H2,1-4H3. The van der Waals surface area contributed by atoms with Gasteiger partial charge in [-0.05, 0) is 35.6 Å². The van der Waals surface area contributed by atoms with Gasteiger partial charge in [0.2, 0.25) is 0 Å². The monoisotopic (exact) mass is 474 g/mol. The maximum Gasteiger partial charge on any atom is 0.332 e. The van der Waals surface area contributed by atoms with Crippen molar-refractivity contribution in [1.29, 1.82) is 0 Å². The molecule has 1 aliphatic rings. The number of methoxy groups -OCH3 is 1. The van der Waals surface area contributed by atoms with Gasteiger partial charge in [0.25, 0.3) is 5.56 Å². The number of ether oxygens (including phenoxy) is 1. The quantitative estimate of drug-likeness (QED) is 0.402. The van der Waals surface area contributed by atoms with E-state index in [9.17, 15) is 9.59 Å². The third-order valence-corrected chi connectivity index (χ3v) is 7.33. The van der Waals surface area contributed by atoms with Crippen LogP contribution in [0.3, 0.4) is 0 Å². The second-order valence-corrected chi connectivity index (χ2v) is 10.2. The molecule has 0 N–H and O–H groups in total. The highest BCUT2D eigenvalue weighted by molar-refractivity contribution is 5.88. The molecule has 2 aromatic heterocycles. The van der Waals surface area contributed by atoms with Crippen LogP contribution in [0.2, 0.25) is 0 Å². The Morgan fingerprint density at radius 2 is 1.80 bits per heavy atom. The Hall–Kier alpha value is -3.35. The molecule has 0 aliphatic heterocycles. The predicted molar refractivity (Wildman–Crippen MR) is 139 cm³/mol. The van der Waals surface area contributed by atoms with Crippen LogP contribution in [0.5, 0.6) is 5.75 Å². The molecule has 7 nitrogen and oxygen atoms in total. The van der Waals surface area contributed by atoms with Crippen molar-refractivity contribution in [3.63, 3.8) is 0 Å². The number of rotatable bonds is 6. The average molecular weight is 475 g/mol. The fourth-order valence-electron chi connectivity index (χ4n) is 5.64. The Balaban J connectivity index is 1.80. The fraction of sp³-hybridized carbons (Fsp3) is 0.464. The summed E-state index contributed by atoms with van der Waals surface area (Å²) in [4.78, 5) is 26.6. The van der Waals surface area contributed by atoms with E-state index in [1.54, 1.807) is 18.7 Å². The zero-order valence-corrected chi connectivity index (χ0v) is 21.1. The molecular weight excluding hydrogens is 440 g/mol. The van der Waals surface area contributed by atoms with Crippen LogP contribution in [0, 0.1) is 5.92 Å². The van der Waals surface area contributed by atoms with Crippen molar-refractivity contribution in [3.05, 3.63) is 68.5 Å². The molecule has 0 bridgehead atoms. The molecule has 0 radical (unpaired) electrons. The number of benzene rings is 2. The first-order valence-electron chi connectivity index (χ1n) is 12.7. The van der Waals surface area contributed by atoms with Gasteiger partial charge >= 0.3 is 5.69 Å². The molecule has 1 aliphatic carbocycles. The Bertz CT molecular complexity index is 1500. The highest BCUT2D eigenvalue weighted by Crippen LogP contribution is 2.37. The maximum atomic E-state index is 13.5. The zero-order valence-electron chi connectivity index (χ0n) is 21.1. The summed E-state index contributed by atoms with van der Waals surface area (Å²) >= 11 is 0. The van der Waals surface area contributed by atoms with E-state index in [1.807, 2.05) is 22.9 Å². The first-order valence-corrected chi connectivity index (χ1v) is 12.7. The molecule has 35 heavy (non-hydrogen) atoms. The minimum absolute atomic E-state index is 0.243. The summed E-state index contributed by atoms with van der Waals surface area (Å²) in [5, 5.41) is 7.82. The van der Waals surface area contributed by atoms with Crippen molar-refractivity contribution in [3.8, 4) is 5.75 Å². The topological polar surface area (TPSA) is 71.1 Å². The summed E-state index contributed by atoms with van der Waals surface area (Å²) < 4.78 is 10.7. The molecule has 0 spiro atoms. The molecule has 7 heteroatoms. The minimum Gasteiger partial charge on any atom is -0.496 e. The minimum atomic E-state index is -0.307. The highest BCUT2D eigenvalue weighted by atomic mass is 16.5. The fourth-order valence-corrected chi connectivity index (χ4v) is 5.64. The van der Waals surface area contributed by atoms with Gasteiger partial charge in [0.05, 0.1) is 19.3 Å². The zero-order chi connectivity index (χ0) is 24.7. The van der Waals surface area contributed by atoms with Gasteiger partial charge in [-0.15, -0.1) is 0 Å². The Morgan fingerprint density at radius 1 is 1.06 bits per heavy atom. The highest BCUT2D eigenvalue weighted by Gasteiger charge is 2.28. The lowest BCUT2D eigenvalue weighted by Crippen LogP contribution is -2.39. The lowest BCUT2D eigenvalue weighted by atomic mass is 9.86. The normalized spacial score (nSPS) is 14.9. The number of aromatic nitrogens is 4. The van der Waals surface area contributed by atoms with Gasteiger partial charge in [0.1, 0.15) is 11.1 Å². The van der Waals surface area contributed by atoms with Crippen molar-refractivity contribution < 1.29 is 4.74 Å². The smallest absolute Gasteiger partial charge is 0.332 e. The molecule has 184 valence electrons. The largest absolute Gasteiger partial charge is 0.496 e. The van der Waals surface area contributed by atoms with Gasteiger partial charge in [-0.2, -0.15) is 5.10 Å². The summed E-state index contributed by atoms with van der Waals surface area (Å²) in [5.41, 5.74) is 1.95.